The number of ether oxygens (including phenoxy) is 1. The lowest BCUT2D eigenvalue weighted by molar-refractivity contribution is 0.0955. The third-order valence-electron chi connectivity index (χ3n) is 4.38. The summed E-state index contributed by atoms with van der Waals surface area (Å²) in [4.78, 5) is 13.2. The third kappa shape index (κ3) is 3.66. The minimum Gasteiger partial charge on any atom is -0.495 e. The van der Waals surface area contributed by atoms with Gasteiger partial charge in [-0.15, -0.1) is 11.3 Å². The molecular formula is C23H18N2O2S. The Bertz CT molecular complexity index is 1130. The second kappa shape index (κ2) is 8.06. The third-order valence-corrected chi connectivity index (χ3v) is 5.47. The quantitative estimate of drug-likeness (QED) is 0.372. The second-order valence-corrected chi connectivity index (χ2v) is 7.22. The smallest absolute Gasteiger partial charge is 0.271 e. The average molecular weight is 386 g/mol. The van der Waals surface area contributed by atoms with E-state index in [9.17, 15) is 4.79 Å². The van der Waals surface area contributed by atoms with Crippen molar-refractivity contribution in [1.82, 2.24) is 5.43 Å². The first-order chi connectivity index (χ1) is 13.8. The standard InChI is InChI=1S/C23H18N2O2S/c1-27-22-19-9-5-6-10-20(19)28-21(22)15-24-25-23(26)18-13-11-17(12-14-18)16-7-3-2-4-8-16/h2-15H,1H3,(H,25,26)/b24-15-. The van der Waals surface area contributed by atoms with Crippen molar-refractivity contribution >= 4 is 33.5 Å². The summed E-state index contributed by atoms with van der Waals surface area (Å²) in [5.74, 6) is 0.516. The summed E-state index contributed by atoms with van der Waals surface area (Å²) in [5.41, 5.74) is 5.32. The normalized spacial score (nSPS) is 11.0. The van der Waals surface area contributed by atoms with Crippen molar-refractivity contribution < 1.29 is 9.53 Å². The number of thiophene rings is 1. The van der Waals surface area contributed by atoms with Crippen LogP contribution in [-0.2, 0) is 0 Å². The fourth-order valence-electron chi connectivity index (χ4n) is 3.00. The molecular weight excluding hydrogens is 368 g/mol. The van der Waals surface area contributed by atoms with Crippen LogP contribution in [0.25, 0.3) is 21.2 Å². The molecule has 4 nitrogen and oxygen atoms in total. The van der Waals surface area contributed by atoms with Gasteiger partial charge < -0.3 is 4.74 Å². The average Bonchev–Trinajstić information content (AvgIpc) is 3.11. The Kier molecular flexibility index (Phi) is 5.17. The predicted molar refractivity (Wildman–Crippen MR) is 115 cm³/mol. The van der Waals surface area contributed by atoms with E-state index in [1.807, 2.05) is 66.7 Å². The number of hydrogen-bond donors (Lipinski definition) is 1. The lowest BCUT2D eigenvalue weighted by Crippen LogP contribution is -2.17. The SMILES string of the molecule is COc1c(/C=N\NC(=O)c2ccc(-c3ccccc3)cc2)sc2ccccc12. The molecule has 0 aliphatic heterocycles. The van der Waals surface area contributed by atoms with Crippen molar-refractivity contribution in [1.29, 1.82) is 0 Å². The zero-order valence-corrected chi connectivity index (χ0v) is 16.1. The van der Waals surface area contributed by atoms with E-state index in [1.165, 1.54) is 0 Å². The van der Waals surface area contributed by atoms with E-state index in [4.69, 9.17) is 4.74 Å². The lowest BCUT2D eigenvalue weighted by Gasteiger charge is -2.04. The minimum absolute atomic E-state index is 0.254. The number of amides is 1. The number of carbonyl (C=O) groups is 1. The summed E-state index contributed by atoms with van der Waals surface area (Å²) >= 11 is 1.57. The van der Waals surface area contributed by atoms with Gasteiger partial charge in [-0.2, -0.15) is 5.10 Å². The van der Waals surface area contributed by atoms with Crippen molar-refractivity contribution in [2.75, 3.05) is 7.11 Å². The topological polar surface area (TPSA) is 50.7 Å². The fraction of sp³-hybridized carbons (Fsp3) is 0.0435. The van der Waals surface area contributed by atoms with Gasteiger partial charge in [-0.1, -0.05) is 54.6 Å². The minimum atomic E-state index is -0.254. The van der Waals surface area contributed by atoms with Crippen LogP contribution in [0.3, 0.4) is 0 Å². The molecule has 0 radical (unpaired) electrons. The Hall–Kier alpha value is -3.44. The lowest BCUT2D eigenvalue weighted by atomic mass is 10.0. The molecule has 1 heterocycles. The van der Waals surface area contributed by atoms with Gasteiger partial charge in [0.1, 0.15) is 5.75 Å². The van der Waals surface area contributed by atoms with Crippen molar-refractivity contribution in [2.24, 2.45) is 5.10 Å². The second-order valence-electron chi connectivity index (χ2n) is 6.14. The number of hydrazone groups is 1. The predicted octanol–water partition coefficient (Wildman–Crippen LogP) is 5.34. The highest BCUT2D eigenvalue weighted by molar-refractivity contribution is 7.21. The maximum atomic E-state index is 12.4. The highest BCUT2D eigenvalue weighted by Gasteiger charge is 2.11. The number of rotatable bonds is 5. The van der Waals surface area contributed by atoms with E-state index in [2.05, 4.69) is 10.5 Å². The van der Waals surface area contributed by atoms with Crippen molar-refractivity contribution in [3.63, 3.8) is 0 Å². The van der Waals surface area contributed by atoms with Crippen molar-refractivity contribution in [3.05, 3.63) is 89.3 Å². The van der Waals surface area contributed by atoms with Crippen LogP contribution in [0.15, 0.2) is 84.0 Å². The summed E-state index contributed by atoms with van der Waals surface area (Å²) in [6.07, 6.45) is 1.62. The molecule has 28 heavy (non-hydrogen) atoms. The Balaban J connectivity index is 1.47. The molecule has 1 amide bonds. The molecule has 4 aromatic rings. The van der Waals surface area contributed by atoms with Crippen LogP contribution in [-0.4, -0.2) is 19.2 Å². The number of nitrogens with zero attached hydrogens (tertiary/aromatic N) is 1. The van der Waals surface area contributed by atoms with E-state index in [-0.39, 0.29) is 5.91 Å². The van der Waals surface area contributed by atoms with Gasteiger partial charge >= 0.3 is 0 Å². The fourth-order valence-corrected chi connectivity index (χ4v) is 4.04. The number of benzene rings is 3. The maximum absolute atomic E-state index is 12.4. The number of carbonyl (C=O) groups excluding carboxylic acids is 1. The van der Waals surface area contributed by atoms with Crippen molar-refractivity contribution in [2.45, 2.75) is 0 Å². The highest BCUT2D eigenvalue weighted by Crippen LogP contribution is 2.36. The molecule has 3 aromatic carbocycles. The Morgan fingerprint density at radius 3 is 2.36 bits per heavy atom. The van der Waals surface area contributed by atoms with Gasteiger partial charge in [0.25, 0.3) is 5.91 Å². The molecule has 5 heteroatoms. The molecule has 138 valence electrons. The van der Waals surface area contributed by atoms with Gasteiger partial charge in [-0.25, -0.2) is 5.43 Å². The first-order valence-electron chi connectivity index (χ1n) is 8.80. The zero-order valence-electron chi connectivity index (χ0n) is 15.3. The van der Waals surface area contributed by atoms with E-state index in [1.54, 1.807) is 36.8 Å². The van der Waals surface area contributed by atoms with E-state index in [0.29, 0.717) is 5.56 Å². The molecule has 0 bridgehead atoms. The summed E-state index contributed by atoms with van der Waals surface area (Å²) < 4.78 is 6.62. The van der Waals surface area contributed by atoms with Gasteiger partial charge in [0.15, 0.2) is 0 Å². The van der Waals surface area contributed by atoms with E-state index >= 15 is 0 Å². The van der Waals surface area contributed by atoms with Crippen LogP contribution in [0.1, 0.15) is 15.2 Å². The van der Waals surface area contributed by atoms with E-state index in [0.717, 1.165) is 31.8 Å². The van der Waals surface area contributed by atoms with Crippen LogP contribution in [0.4, 0.5) is 0 Å². The first kappa shape index (κ1) is 17.9. The van der Waals surface area contributed by atoms with Gasteiger partial charge in [0.2, 0.25) is 0 Å². The number of nitrogens with one attached hydrogen (secondary N) is 1. The van der Waals surface area contributed by atoms with Gasteiger partial charge in [-0.05, 0) is 35.4 Å². The largest absolute Gasteiger partial charge is 0.495 e. The summed E-state index contributed by atoms with van der Waals surface area (Å²) in [6.45, 7) is 0. The van der Waals surface area contributed by atoms with Crippen molar-refractivity contribution in [3.8, 4) is 16.9 Å². The molecule has 0 atom stereocenters. The summed E-state index contributed by atoms with van der Waals surface area (Å²) in [7, 11) is 1.64. The van der Waals surface area contributed by atoms with E-state index < -0.39 is 0 Å². The Labute approximate surface area is 167 Å². The molecule has 0 aliphatic rings. The molecule has 0 spiro atoms. The monoisotopic (exact) mass is 386 g/mol. The Morgan fingerprint density at radius 2 is 1.61 bits per heavy atom. The molecule has 0 unspecified atom stereocenters. The molecule has 0 fully saturated rings. The number of hydrogen-bond acceptors (Lipinski definition) is 4. The summed E-state index contributed by atoms with van der Waals surface area (Å²) in [5, 5.41) is 5.15. The highest BCUT2D eigenvalue weighted by atomic mass is 32.1. The first-order valence-corrected chi connectivity index (χ1v) is 9.62. The molecule has 1 aromatic heterocycles. The molecule has 0 saturated heterocycles. The van der Waals surface area contributed by atoms with Gasteiger partial charge in [-0.3, -0.25) is 4.79 Å². The van der Waals surface area contributed by atoms with Gasteiger partial charge in [0.05, 0.1) is 18.2 Å². The summed E-state index contributed by atoms with van der Waals surface area (Å²) in [6, 6.07) is 25.5. The molecule has 0 saturated carbocycles. The Morgan fingerprint density at radius 1 is 0.929 bits per heavy atom. The van der Waals surface area contributed by atoms with Crippen LogP contribution in [0.5, 0.6) is 5.75 Å². The molecule has 4 rings (SSSR count). The van der Waals surface area contributed by atoms with Crippen LogP contribution in [0, 0.1) is 0 Å². The van der Waals surface area contributed by atoms with Gasteiger partial charge in [0, 0.05) is 15.6 Å². The zero-order chi connectivity index (χ0) is 19.3. The number of fused-ring (bicyclic) bond motifs is 1. The number of methoxy groups -OCH3 is 1. The maximum Gasteiger partial charge on any atom is 0.271 e. The van der Waals surface area contributed by atoms with Crippen LogP contribution < -0.4 is 10.2 Å². The molecule has 0 aliphatic carbocycles. The molecule has 1 N–H and O–H groups in total. The van der Waals surface area contributed by atoms with Crippen LogP contribution in [0.2, 0.25) is 0 Å². The van der Waals surface area contributed by atoms with Crippen LogP contribution >= 0.6 is 11.3 Å².